The molecule has 18 heavy (non-hydrogen) atoms. The summed E-state index contributed by atoms with van der Waals surface area (Å²) in [5.74, 6) is -3.33. The minimum Gasteiger partial charge on any atom is -0.401 e. The summed E-state index contributed by atoms with van der Waals surface area (Å²) >= 11 is 0. The van der Waals surface area contributed by atoms with Gasteiger partial charge in [-0.3, -0.25) is 4.98 Å². The number of nitriles is 1. The Labute approximate surface area is 96.6 Å². The molecule has 1 rings (SSSR count). The van der Waals surface area contributed by atoms with Crippen LogP contribution in [0.25, 0.3) is 0 Å². The molecule has 0 aliphatic heterocycles. The number of aromatic nitrogens is 1. The molecule has 0 saturated heterocycles. The Morgan fingerprint density at radius 1 is 1.39 bits per heavy atom. The number of hydrogen-bond donors (Lipinski definition) is 0. The smallest absolute Gasteiger partial charge is 0.401 e. The van der Waals surface area contributed by atoms with Gasteiger partial charge in [-0.2, -0.15) is 5.26 Å². The maximum atomic E-state index is 13.4. The molecule has 0 bridgehead atoms. The van der Waals surface area contributed by atoms with Gasteiger partial charge >= 0.3 is 6.36 Å². The fraction of sp³-hybridized carbons (Fsp3) is 0.333. The van der Waals surface area contributed by atoms with Crippen molar-refractivity contribution in [1.29, 1.82) is 5.26 Å². The van der Waals surface area contributed by atoms with Gasteiger partial charge in [0, 0.05) is 0 Å². The van der Waals surface area contributed by atoms with Gasteiger partial charge in [0.1, 0.15) is 0 Å². The van der Waals surface area contributed by atoms with E-state index in [1.807, 2.05) is 0 Å². The van der Waals surface area contributed by atoms with Gasteiger partial charge in [0.15, 0.2) is 11.6 Å². The van der Waals surface area contributed by atoms with Crippen molar-refractivity contribution in [1.82, 2.24) is 4.98 Å². The maximum Gasteiger partial charge on any atom is 0.573 e. The standard InChI is InChI=1S/C9H4F6N2O/c10-7-5(18-9(13,14)15)3-17-4(1-2-16)6(7)8(11)12/h3,8H,1H2. The summed E-state index contributed by atoms with van der Waals surface area (Å²) < 4.78 is 77.1. The zero-order valence-electron chi connectivity index (χ0n) is 8.43. The van der Waals surface area contributed by atoms with Gasteiger partial charge in [0.25, 0.3) is 6.43 Å². The second kappa shape index (κ2) is 5.12. The molecule has 1 heterocycles. The van der Waals surface area contributed by atoms with E-state index in [-0.39, 0.29) is 0 Å². The molecule has 0 aromatic carbocycles. The van der Waals surface area contributed by atoms with Gasteiger partial charge in [-0.15, -0.1) is 13.2 Å². The Morgan fingerprint density at radius 3 is 2.44 bits per heavy atom. The molecule has 0 unspecified atom stereocenters. The highest BCUT2D eigenvalue weighted by Crippen LogP contribution is 2.33. The number of halogens is 6. The van der Waals surface area contributed by atoms with Crippen LogP contribution in [-0.2, 0) is 6.42 Å². The van der Waals surface area contributed by atoms with Crippen LogP contribution in [0.3, 0.4) is 0 Å². The summed E-state index contributed by atoms with van der Waals surface area (Å²) in [4.78, 5) is 3.17. The number of ether oxygens (including phenoxy) is 1. The Balaban J connectivity index is 3.27. The molecule has 0 aliphatic rings. The van der Waals surface area contributed by atoms with Gasteiger partial charge in [0.05, 0.1) is 29.9 Å². The SMILES string of the molecule is N#CCc1ncc(OC(F)(F)F)c(F)c1C(F)F. The van der Waals surface area contributed by atoms with Crippen LogP contribution in [-0.4, -0.2) is 11.3 Å². The molecule has 9 heteroatoms. The lowest BCUT2D eigenvalue weighted by Gasteiger charge is -2.13. The second-order valence-electron chi connectivity index (χ2n) is 2.98. The van der Waals surface area contributed by atoms with Gasteiger partial charge < -0.3 is 4.74 Å². The van der Waals surface area contributed by atoms with Crippen LogP contribution in [0.4, 0.5) is 26.3 Å². The van der Waals surface area contributed by atoms with Crippen LogP contribution in [0, 0.1) is 17.1 Å². The second-order valence-corrected chi connectivity index (χ2v) is 2.98. The Kier molecular flexibility index (Phi) is 4.00. The average Bonchev–Trinajstić information content (AvgIpc) is 2.20. The summed E-state index contributed by atoms with van der Waals surface area (Å²) in [6, 6.07) is 1.45. The molecule has 0 atom stereocenters. The van der Waals surface area contributed by atoms with Gasteiger partial charge in [-0.05, 0) is 0 Å². The fourth-order valence-electron chi connectivity index (χ4n) is 1.16. The minimum absolute atomic E-state index is 0.307. The maximum absolute atomic E-state index is 13.4. The van der Waals surface area contributed by atoms with Crippen LogP contribution in [0.5, 0.6) is 5.75 Å². The number of nitrogens with zero attached hydrogens (tertiary/aromatic N) is 2. The van der Waals surface area contributed by atoms with E-state index in [1.54, 1.807) is 0 Å². The molecule has 0 fully saturated rings. The number of alkyl halides is 5. The van der Waals surface area contributed by atoms with E-state index in [1.165, 1.54) is 6.07 Å². The van der Waals surface area contributed by atoms with Crippen LogP contribution < -0.4 is 4.74 Å². The van der Waals surface area contributed by atoms with Crippen molar-refractivity contribution < 1.29 is 31.1 Å². The fourth-order valence-corrected chi connectivity index (χ4v) is 1.16. The predicted molar refractivity (Wildman–Crippen MR) is 45.2 cm³/mol. The van der Waals surface area contributed by atoms with Crippen molar-refractivity contribution in [3.63, 3.8) is 0 Å². The zero-order chi connectivity index (χ0) is 13.9. The number of hydrogen-bond acceptors (Lipinski definition) is 3. The summed E-state index contributed by atoms with van der Waals surface area (Å²) in [6.45, 7) is 0. The minimum atomic E-state index is -5.22. The predicted octanol–water partition coefficient (Wildman–Crippen LogP) is 3.12. The third-order valence-corrected chi connectivity index (χ3v) is 1.79. The summed E-state index contributed by atoms with van der Waals surface area (Å²) in [5, 5.41) is 8.30. The summed E-state index contributed by atoms with van der Waals surface area (Å²) in [6.07, 6.45) is -8.97. The molecular formula is C9H4F6N2O. The molecule has 0 radical (unpaired) electrons. The summed E-state index contributed by atoms with van der Waals surface area (Å²) in [7, 11) is 0. The Bertz CT molecular complexity index is 479. The number of rotatable bonds is 3. The van der Waals surface area contributed by atoms with E-state index in [0.717, 1.165) is 0 Å². The molecular weight excluding hydrogens is 266 g/mol. The first-order valence-electron chi connectivity index (χ1n) is 4.34. The Hall–Kier alpha value is -1.98. The molecule has 0 saturated carbocycles. The highest BCUT2D eigenvalue weighted by molar-refractivity contribution is 5.34. The van der Waals surface area contributed by atoms with E-state index in [2.05, 4.69) is 9.72 Å². The van der Waals surface area contributed by atoms with Crippen molar-refractivity contribution in [2.45, 2.75) is 19.2 Å². The first kappa shape index (κ1) is 14.1. The largest absolute Gasteiger partial charge is 0.573 e. The van der Waals surface area contributed by atoms with Gasteiger partial charge in [0.2, 0.25) is 0 Å². The van der Waals surface area contributed by atoms with E-state index in [0.29, 0.717) is 6.20 Å². The van der Waals surface area contributed by atoms with Gasteiger partial charge in [-0.25, -0.2) is 13.2 Å². The molecule has 3 nitrogen and oxygen atoms in total. The first-order valence-corrected chi connectivity index (χ1v) is 4.34. The lowest BCUT2D eigenvalue weighted by molar-refractivity contribution is -0.275. The van der Waals surface area contributed by atoms with E-state index in [9.17, 15) is 26.3 Å². The quantitative estimate of drug-likeness (QED) is 0.793. The topological polar surface area (TPSA) is 45.9 Å². The van der Waals surface area contributed by atoms with E-state index < -0.39 is 42.0 Å². The van der Waals surface area contributed by atoms with Crippen molar-refractivity contribution in [3.05, 3.63) is 23.3 Å². The van der Waals surface area contributed by atoms with Crippen LogP contribution >= 0.6 is 0 Å². The molecule has 0 N–H and O–H groups in total. The third-order valence-electron chi connectivity index (χ3n) is 1.79. The van der Waals surface area contributed by atoms with Crippen LogP contribution in [0.1, 0.15) is 17.7 Å². The lowest BCUT2D eigenvalue weighted by atomic mass is 10.1. The molecule has 98 valence electrons. The molecule has 0 spiro atoms. The molecule has 1 aromatic heterocycles. The van der Waals surface area contributed by atoms with Crippen LogP contribution in [0.2, 0.25) is 0 Å². The normalized spacial score (nSPS) is 11.4. The van der Waals surface area contributed by atoms with Crippen molar-refractivity contribution in [3.8, 4) is 11.8 Å². The molecule has 1 aromatic rings. The molecule has 0 amide bonds. The third kappa shape index (κ3) is 3.26. The highest BCUT2D eigenvalue weighted by Gasteiger charge is 2.34. The zero-order valence-corrected chi connectivity index (χ0v) is 8.43. The Morgan fingerprint density at radius 2 is 2.00 bits per heavy atom. The van der Waals surface area contributed by atoms with Crippen molar-refractivity contribution in [2.24, 2.45) is 0 Å². The highest BCUT2D eigenvalue weighted by atomic mass is 19.4. The van der Waals surface area contributed by atoms with Crippen molar-refractivity contribution >= 4 is 0 Å². The van der Waals surface area contributed by atoms with Gasteiger partial charge in [-0.1, -0.05) is 0 Å². The monoisotopic (exact) mass is 270 g/mol. The van der Waals surface area contributed by atoms with E-state index >= 15 is 0 Å². The average molecular weight is 270 g/mol. The number of pyridine rings is 1. The van der Waals surface area contributed by atoms with Crippen LogP contribution in [0.15, 0.2) is 6.20 Å². The summed E-state index contributed by atoms with van der Waals surface area (Å²) in [5.41, 5.74) is -1.99. The van der Waals surface area contributed by atoms with Crippen molar-refractivity contribution in [2.75, 3.05) is 0 Å². The molecule has 0 aliphatic carbocycles. The first-order chi connectivity index (χ1) is 8.26. The van der Waals surface area contributed by atoms with E-state index in [4.69, 9.17) is 5.26 Å². The lowest BCUT2D eigenvalue weighted by Crippen LogP contribution is -2.19.